The Balaban J connectivity index is 2.30. The molecule has 0 radical (unpaired) electrons. The summed E-state index contributed by atoms with van der Waals surface area (Å²) in [5.41, 5.74) is 2.83. The smallest absolute Gasteiger partial charge is 0.00109 e. The number of hydrogen-bond donors (Lipinski definition) is 0. The zero-order chi connectivity index (χ0) is 13.2. The third-order valence-corrected chi connectivity index (χ3v) is 3.32. The van der Waals surface area contributed by atoms with Crippen molar-refractivity contribution in [2.24, 2.45) is 10.8 Å². The Labute approximate surface area is 111 Å². The molecule has 0 saturated carbocycles. The summed E-state index contributed by atoms with van der Waals surface area (Å²) in [6, 6.07) is 0. The van der Waals surface area contributed by atoms with Gasteiger partial charge in [-0.05, 0) is 11.1 Å². The van der Waals surface area contributed by atoms with Crippen molar-refractivity contribution in [3.63, 3.8) is 0 Å². The molecule has 0 fully saturated rings. The Kier molecular flexibility index (Phi) is 3.30. The molecule has 0 aromatic carbocycles. The normalized spacial score (nSPS) is 24.2. The first-order valence-electron chi connectivity index (χ1n) is 6.56. The van der Waals surface area contributed by atoms with Crippen LogP contribution in [0.2, 0.25) is 0 Å². The fraction of sp³-hybridized carbons (Fsp3) is 0.333. The second kappa shape index (κ2) is 4.61. The molecule has 0 saturated heterocycles. The highest BCUT2D eigenvalue weighted by Gasteiger charge is 2.13. The average molecular weight is 238 g/mol. The lowest BCUT2D eigenvalue weighted by Crippen LogP contribution is -2.01. The molecule has 2 aliphatic carbocycles. The van der Waals surface area contributed by atoms with Crippen molar-refractivity contribution in [3.8, 4) is 0 Å². The fourth-order valence-corrected chi connectivity index (χ4v) is 2.02. The molecule has 0 unspecified atom stereocenters. The van der Waals surface area contributed by atoms with Crippen molar-refractivity contribution < 1.29 is 0 Å². The van der Waals surface area contributed by atoms with Crippen molar-refractivity contribution in [2.75, 3.05) is 0 Å². The second-order valence-electron chi connectivity index (χ2n) is 6.27. The van der Waals surface area contributed by atoms with E-state index in [1.807, 2.05) is 0 Å². The maximum atomic E-state index is 2.26. The number of rotatable bonds is 1. The molecule has 0 atom stereocenters. The van der Waals surface area contributed by atoms with Gasteiger partial charge in [-0.3, -0.25) is 0 Å². The molecule has 0 aromatic heterocycles. The molecule has 0 spiro atoms. The Bertz CT molecular complexity index is 452. The van der Waals surface area contributed by atoms with Crippen LogP contribution in [0.15, 0.2) is 71.9 Å². The highest BCUT2D eigenvalue weighted by molar-refractivity contribution is 5.52. The third-order valence-electron chi connectivity index (χ3n) is 3.32. The molecular weight excluding hydrogens is 216 g/mol. The molecule has 2 rings (SSSR count). The molecule has 0 N–H and O–H groups in total. The van der Waals surface area contributed by atoms with Crippen LogP contribution in [0.4, 0.5) is 0 Å². The van der Waals surface area contributed by atoms with Gasteiger partial charge in [0.1, 0.15) is 0 Å². The molecule has 94 valence electrons. The molecule has 0 aromatic rings. The van der Waals surface area contributed by atoms with E-state index < -0.39 is 0 Å². The summed E-state index contributed by atoms with van der Waals surface area (Å²) in [5.74, 6) is 0. The van der Waals surface area contributed by atoms with Crippen LogP contribution in [-0.4, -0.2) is 0 Å². The van der Waals surface area contributed by atoms with E-state index in [9.17, 15) is 0 Å². The van der Waals surface area contributed by atoms with Gasteiger partial charge in [0.15, 0.2) is 0 Å². The van der Waals surface area contributed by atoms with Crippen LogP contribution in [0.25, 0.3) is 0 Å². The van der Waals surface area contributed by atoms with E-state index in [2.05, 4.69) is 88.5 Å². The van der Waals surface area contributed by atoms with Gasteiger partial charge in [0.05, 0.1) is 0 Å². The molecular formula is C18H22. The molecule has 0 bridgehead atoms. The van der Waals surface area contributed by atoms with Crippen molar-refractivity contribution >= 4 is 0 Å². The van der Waals surface area contributed by atoms with Crippen LogP contribution in [-0.2, 0) is 0 Å². The first kappa shape index (κ1) is 12.9. The number of allylic oxidation sites excluding steroid dienone is 12. The van der Waals surface area contributed by atoms with Crippen molar-refractivity contribution in [1.82, 2.24) is 0 Å². The lowest BCUT2D eigenvalue weighted by molar-refractivity contribution is 0.626. The predicted molar refractivity (Wildman–Crippen MR) is 80.3 cm³/mol. The SMILES string of the molecule is CC1(C)C=CC=C(C2=CC=CC(C)(C)C=C2)C=C1. The maximum Gasteiger partial charge on any atom is 0.00109 e. The van der Waals surface area contributed by atoms with E-state index in [0.717, 1.165) is 0 Å². The highest BCUT2D eigenvalue weighted by atomic mass is 14.2. The molecule has 0 nitrogen and oxygen atoms in total. The summed E-state index contributed by atoms with van der Waals surface area (Å²) >= 11 is 0. The first-order chi connectivity index (χ1) is 8.38. The zero-order valence-corrected chi connectivity index (χ0v) is 11.8. The average Bonchev–Trinajstić information content (AvgIpc) is 2.54. The van der Waals surface area contributed by atoms with Crippen LogP contribution in [0.3, 0.4) is 0 Å². The molecule has 0 heterocycles. The van der Waals surface area contributed by atoms with Crippen molar-refractivity contribution in [3.05, 3.63) is 71.9 Å². The topological polar surface area (TPSA) is 0 Å². The Hall–Kier alpha value is -1.56. The highest BCUT2D eigenvalue weighted by Crippen LogP contribution is 2.28. The number of hydrogen-bond acceptors (Lipinski definition) is 0. The van der Waals surface area contributed by atoms with Gasteiger partial charge in [-0.1, -0.05) is 88.5 Å². The van der Waals surface area contributed by atoms with Gasteiger partial charge in [0, 0.05) is 10.8 Å². The van der Waals surface area contributed by atoms with E-state index in [1.54, 1.807) is 0 Å². The lowest BCUT2D eigenvalue weighted by atomic mass is 9.92. The monoisotopic (exact) mass is 238 g/mol. The van der Waals surface area contributed by atoms with Gasteiger partial charge in [0.2, 0.25) is 0 Å². The summed E-state index contributed by atoms with van der Waals surface area (Å²) in [4.78, 5) is 0. The minimum Gasteiger partial charge on any atom is -0.0751 e. The van der Waals surface area contributed by atoms with E-state index in [-0.39, 0.29) is 10.8 Å². The summed E-state index contributed by atoms with van der Waals surface area (Å²) in [6.07, 6.45) is 22.1. The van der Waals surface area contributed by atoms with Gasteiger partial charge in [-0.15, -0.1) is 0 Å². The largest absolute Gasteiger partial charge is 0.0751 e. The van der Waals surface area contributed by atoms with Crippen LogP contribution in [0.1, 0.15) is 27.7 Å². The predicted octanol–water partition coefficient (Wildman–Crippen LogP) is 5.14. The molecule has 0 heteroatoms. The van der Waals surface area contributed by atoms with E-state index in [4.69, 9.17) is 0 Å². The van der Waals surface area contributed by atoms with Crippen LogP contribution < -0.4 is 0 Å². The van der Waals surface area contributed by atoms with E-state index in [0.29, 0.717) is 0 Å². The Morgan fingerprint density at radius 1 is 0.611 bits per heavy atom. The minimum absolute atomic E-state index is 0.141. The molecule has 0 amide bonds. The van der Waals surface area contributed by atoms with Gasteiger partial charge >= 0.3 is 0 Å². The van der Waals surface area contributed by atoms with Crippen LogP contribution in [0.5, 0.6) is 0 Å². The third kappa shape index (κ3) is 3.22. The first-order valence-corrected chi connectivity index (χ1v) is 6.56. The summed E-state index contributed by atoms with van der Waals surface area (Å²) in [7, 11) is 0. The molecule has 2 aliphatic rings. The minimum atomic E-state index is 0.141. The Morgan fingerprint density at radius 2 is 1.00 bits per heavy atom. The van der Waals surface area contributed by atoms with Crippen LogP contribution in [0, 0.1) is 10.8 Å². The van der Waals surface area contributed by atoms with Crippen molar-refractivity contribution in [2.45, 2.75) is 27.7 Å². The van der Waals surface area contributed by atoms with E-state index >= 15 is 0 Å². The molecule has 0 aliphatic heterocycles. The zero-order valence-electron chi connectivity index (χ0n) is 11.8. The standard InChI is InChI=1S/C18H22/c1-17(2)11-5-7-15(9-13-17)16-8-6-12-18(3,4)14-10-16/h5-14H,1-4H3. The summed E-state index contributed by atoms with van der Waals surface area (Å²) in [6.45, 7) is 8.88. The van der Waals surface area contributed by atoms with Gasteiger partial charge in [0.25, 0.3) is 0 Å². The van der Waals surface area contributed by atoms with Gasteiger partial charge in [-0.25, -0.2) is 0 Å². The summed E-state index contributed by atoms with van der Waals surface area (Å²) < 4.78 is 0. The van der Waals surface area contributed by atoms with Gasteiger partial charge in [-0.2, -0.15) is 0 Å². The summed E-state index contributed by atoms with van der Waals surface area (Å²) in [5, 5.41) is 0. The quantitative estimate of drug-likeness (QED) is 0.593. The molecule has 18 heavy (non-hydrogen) atoms. The fourth-order valence-electron chi connectivity index (χ4n) is 2.02. The van der Waals surface area contributed by atoms with Crippen molar-refractivity contribution in [1.29, 1.82) is 0 Å². The second-order valence-corrected chi connectivity index (χ2v) is 6.27. The maximum absolute atomic E-state index is 2.26. The van der Waals surface area contributed by atoms with Gasteiger partial charge < -0.3 is 0 Å². The lowest BCUT2D eigenvalue weighted by Gasteiger charge is -2.13. The van der Waals surface area contributed by atoms with Crippen LogP contribution >= 0.6 is 0 Å². The Morgan fingerprint density at radius 3 is 1.39 bits per heavy atom. The van der Waals surface area contributed by atoms with E-state index in [1.165, 1.54) is 11.1 Å².